The number of hydrogen-bond acceptors (Lipinski definition) is 3. The van der Waals surface area contributed by atoms with Crippen molar-refractivity contribution < 1.29 is 4.79 Å². The summed E-state index contributed by atoms with van der Waals surface area (Å²) in [5.41, 5.74) is 0.675. The van der Waals surface area contributed by atoms with Gasteiger partial charge in [-0.3, -0.25) is 4.79 Å². The molecular weight excluding hydrogens is 317 g/mol. The van der Waals surface area contributed by atoms with E-state index in [0.29, 0.717) is 5.56 Å². The summed E-state index contributed by atoms with van der Waals surface area (Å²) < 4.78 is 0.905. The third-order valence-electron chi connectivity index (χ3n) is 2.74. The Balaban J connectivity index is 2.14. The standard InChI is InChI=1S/C11H14IN3O/c1-8-6-13-4-5-15(8)11(16)9-2-3-10(12)14-7-9/h2-3,7-8,13H,4-6H2,1H3/t8-/m0/s1. The van der Waals surface area contributed by atoms with Crippen LogP contribution in [0.3, 0.4) is 0 Å². The third kappa shape index (κ3) is 2.52. The molecule has 1 aromatic heterocycles. The molecule has 1 N–H and O–H groups in total. The molecule has 2 heterocycles. The molecular formula is C11H14IN3O. The van der Waals surface area contributed by atoms with Gasteiger partial charge in [0.2, 0.25) is 0 Å². The van der Waals surface area contributed by atoms with Crippen LogP contribution in [0.15, 0.2) is 18.3 Å². The van der Waals surface area contributed by atoms with Crippen LogP contribution in [0.5, 0.6) is 0 Å². The Kier molecular flexibility index (Phi) is 3.75. The van der Waals surface area contributed by atoms with E-state index >= 15 is 0 Å². The van der Waals surface area contributed by atoms with Crippen LogP contribution >= 0.6 is 22.6 Å². The molecule has 1 saturated heterocycles. The van der Waals surface area contributed by atoms with E-state index in [1.165, 1.54) is 0 Å². The molecule has 0 aliphatic carbocycles. The molecule has 1 aromatic rings. The molecule has 0 spiro atoms. The number of nitrogens with zero attached hydrogens (tertiary/aromatic N) is 2. The van der Waals surface area contributed by atoms with Crippen molar-refractivity contribution in [1.82, 2.24) is 15.2 Å². The monoisotopic (exact) mass is 331 g/mol. The number of rotatable bonds is 1. The molecule has 0 radical (unpaired) electrons. The molecule has 1 aliphatic rings. The fourth-order valence-electron chi connectivity index (χ4n) is 1.81. The van der Waals surface area contributed by atoms with Gasteiger partial charge >= 0.3 is 0 Å². The molecule has 1 atom stereocenters. The summed E-state index contributed by atoms with van der Waals surface area (Å²) in [6.07, 6.45) is 1.65. The highest BCUT2D eigenvalue weighted by Crippen LogP contribution is 2.10. The van der Waals surface area contributed by atoms with Gasteiger partial charge in [0.25, 0.3) is 5.91 Å². The lowest BCUT2D eigenvalue weighted by molar-refractivity contribution is 0.0655. The lowest BCUT2D eigenvalue weighted by atomic mass is 10.1. The number of halogens is 1. The van der Waals surface area contributed by atoms with Crippen molar-refractivity contribution in [3.63, 3.8) is 0 Å². The summed E-state index contributed by atoms with van der Waals surface area (Å²) in [5.74, 6) is 0.0814. The molecule has 0 unspecified atom stereocenters. The first kappa shape index (κ1) is 11.8. The number of carbonyl (C=O) groups is 1. The van der Waals surface area contributed by atoms with Crippen molar-refractivity contribution in [2.75, 3.05) is 19.6 Å². The molecule has 1 fully saturated rings. The van der Waals surface area contributed by atoms with E-state index in [9.17, 15) is 4.79 Å². The van der Waals surface area contributed by atoms with Gasteiger partial charge in [-0.1, -0.05) is 0 Å². The van der Waals surface area contributed by atoms with Gasteiger partial charge in [-0.2, -0.15) is 0 Å². The third-order valence-corrected chi connectivity index (χ3v) is 3.37. The second-order valence-electron chi connectivity index (χ2n) is 3.92. The van der Waals surface area contributed by atoms with Crippen LogP contribution in [-0.4, -0.2) is 41.5 Å². The summed E-state index contributed by atoms with van der Waals surface area (Å²) >= 11 is 2.13. The maximum Gasteiger partial charge on any atom is 0.255 e. The molecule has 2 rings (SSSR count). The van der Waals surface area contributed by atoms with Crippen molar-refractivity contribution in [1.29, 1.82) is 0 Å². The molecule has 16 heavy (non-hydrogen) atoms. The van der Waals surface area contributed by atoms with Gasteiger partial charge in [0, 0.05) is 31.9 Å². The van der Waals surface area contributed by atoms with E-state index in [0.717, 1.165) is 23.3 Å². The minimum Gasteiger partial charge on any atom is -0.333 e. The Morgan fingerprint density at radius 2 is 2.44 bits per heavy atom. The first-order chi connectivity index (χ1) is 7.68. The molecule has 86 valence electrons. The summed E-state index contributed by atoms with van der Waals surface area (Å²) in [7, 11) is 0. The average molecular weight is 331 g/mol. The van der Waals surface area contributed by atoms with Crippen LogP contribution in [0.2, 0.25) is 0 Å². The Morgan fingerprint density at radius 1 is 1.62 bits per heavy atom. The number of pyridine rings is 1. The lowest BCUT2D eigenvalue weighted by Crippen LogP contribution is -2.52. The van der Waals surface area contributed by atoms with Crippen molar-refractivity contribution in [2.24, 2.45) is 0 Å². The van der Waals surface area contributed by atoms with Crippen LogP contribution in [0, 0.1) is 3.70 Å². The average Bonchev–Trinajstić information content (AvgIpc) is 2.30. The lowest BCUT2D eigenvalue weighted by Gasteiger charge is -2.33. The number of hydrogen-bond donors (Lipinski definition) is 1. The van der Waals surface area contributed by atoms with Crippen LogP contribution in [0.1, 0.15) is 17.3 Å². The first-order valence-electron chi connectivity index (χ1n) is 5.32. The summed E-state index contributed by atoms with van der Waals surface area (Å²) in [6.45, 7) is 4.56. The predicted octanol–water partition coefficient (Wildman–Crippen LogP) is 1.12. The van der Waals surface area contributed by atoms with E-state index in [-0.39, 0.29) is 11.9 Å². The smallest absolute Gasteiger partial charge is 0.255 e. The highest BCUT2D eigenvalue weighted by molar-refractivity contribution is 14.1. The van der Waals surface area contributed by atoms with E-state index < -0.39 is 0 Å². The van der Waals surface area contributed by atoms with Crippen LogP contribution in [0.4, 0.5) is 0 Å². The fourth-order valence-corrected chi connectivity index (χ4v) is 2.13. The molecule has 1 aliphatic heterocycles. The first-order valence-corrected chi connectivity index (χ1v) is 6.39. The second-order valence-corrected chi connectivity index (χ2v) is 5.03. The zero-order valence-electron chi connectivity index (χ0n) is 9.11. The molecule has 0 aromatic carbocycles. The van der Waals surface area contributed by atoms with E-state index in [1.54, 1.807) is 6.20 Å². The zero-order chi connectivity index (χ0) is 11.5. The van der Waals surface area contributed by atoms with Gasteiger partial charge < -0.3 is 10.2 Å². The predicted molar refractivity (Wildman–Crippen MR) is 70.3 cm³/mol. The Morgan fingerprint density at radius 3 is 3.06 bits per heavy atom. The van der Waals surface area contributed by atoms with Crippen LogP contribution < -0.4 is 5.32 Å². The van der Waals surface area contributed by atoms with Crippen LogP contribution in [-0.2, 0) is 0 Å². The molecule has 0 bridgehead atoms. The Bertz CT molecular complexity index is 379. The summed E-state index contributed by atoms with van der Waals surface area (Å²) in [6, 6.07) is 3.95. The summed E-state index contributed by atoms with van der Waals surface area (Å²) in [4.78, 5) is 18.2. The molecule has 4 nitrogen and oxygen atoms in total. The van der Waals surface area contributed by atoms with Crippen molar-refractivity contribution in [2.45, 2.75) is 13.0 Å². The van der Waals surface area contributed by atoms with E-state index in [1.807, 2.05) is 17.0 Å². The van der Waals surface area contributed by atoms with Crippen molar-refractivity contribution in [3.05, 3.63) is 27.6 Å². The minimum atomic E-state index is 0.0814. The minimum absolute atomic E-state index is 0.0814. The number of carbonyl (C=O) groups excluding carboxylic acids is 1. The normalized spacial score (nSPS) is 20.9. The Hall–Kier alpha value is -0.690. The fraction of sp³-hybridized carbons (Fsp3) is 0.455. The number of piperazine rings is 1. The SMILES string of the molecule is C[C@H]1CNCCN1C(=O)c1ccc(I)nc1. The van der Waals surface area contributed by atoms with Gasteiger partial charge in [-0.05, 0) is 41.6 Å². The van der Waals surface area contributed by atoms with Gasteiger partial charge in [0.1, 0.15) is 3.70 Å². The molecule has 0 saturated carbocycles. The van der Waals surface area contributed by atoms with Crippen LogP contribution in [0.25, 0.3) is 0 Å². The summed E-state index contributed by atoms with van der Waals surface area (Å²) in [5, 5.41) is 3.27. The van der Waals surface area contributed by atoms with Gasteiger partial charge in [0.05, 0.1) is 5.56 Å². The largest absolute Gasteiger partial charge is 0.333 e. The number of aromatic nitrogens is 1. The maximum absolute atomic E-state index is 12.2. The number of nitrogens with one attached hydrogen (secondary N) is 1. The highest BCUT2D eigenvalue weighted by Gasteiger charge is 2.23. The van der Waals surface area contributed by atoms with Crippen molar-refractivity contribution >= 4 is 28.5 Å². The number of amides is 1. The van der Waals surface area contributed by atoms with E-state index in [4.69, 9.17) is 0 Å². The Labute approximate surface area is 109 Å². The van der Waals surface area contributed by atoms with Crippen molar-refractivity contribution in [3.8, 4) is 0 Å². The highest BCUT2D eigenvalue weighted by atomic mass is 127. The zero-order valence-corrected chi connectivity index (χ0v) is 11.3. The van der Waals surface area contributed by atoms with E-state index in [2.05, 4.69) is 39.8 Å². The molecule has 5 heteroatoms. The van der Waals surface area contributed by atoms with Gasteiger partial charge in [-0.15, -0.1) is 0 Å². The maximum atomic E-state index is 12.2. The second kappa shape index (κ2) is 5.09. The van der Waals surface area contributed by atoms with Gasteiger partial charge in [-0.25, -0.2) is 4.98 Å². The quantitative estimate of drug-likeness (QED) is 0.620. The van der Waals surface area contributed by atoms with Gasteiger partial charge in [0.15, 0.2) is 0 Å². The topological polar surface area (TPSA) is 45.2 Å². The molecule has 1 amide bonds.